The molecule has 0 saturated carbocycles. The number of anilines is 1. The van der Waals surface area contributed by atoms with Gasteiger partial charge in [-0.15, -0.1) is 0 Å². The lowest BCUT2D eigenvalue weighted by atomic mass is 10.1. The van der Waals surface area contributed by atoms with Crippen LogP contribution >= 0.6 is 11.6 Å². The van der Waals surface area contributed by atoms with E-state index in [4.69, 9.17) is 17.3 Å². The van der Waals surface area contributed by atoms with Crippen molar-refractivity contribution in [3.63, 3.8) is 0 Å². The summed E-state index contributed by atoms with van der Waals surface area (Å²) in [5.41, 5.74) is 7.53. The standard InChI is InChI=1S/C15H12ClNO/c16-13-7-3-1-5-11(13)9-10-15(18)12-6-2-4-8-14(12)17/h1-10H,17H2. The predicted molar refractivity (Wildman–Crippen MR) is 75.7 cm³/mol. The third kappa shape index (κ3) is 2.79. The fourth-order valence-corrected chi connectivity index (χ4v) is 1.79. The van der Waals surface area contributed by atoms with Gasteiger partial charge in [0.2, 0.25) is 0 Å². The number of nitrogen functional groups attached to an aromatic ring is 1. The highest BCUT2D eigenvalue weighted by Gasteiger charge is 2.05. The van der Waals surface area contributed by atoms with Crippen molar-refractivity contribution in [1.82, 2.24) is 0 Å². The number of rotatable bonds is 3. The number of carbonyl (C=O) groups excluding carboxylic acids is 1. The van der Waals surface area contributed by atoms with Crippen molar-refractivity contribution in [2.45, 2.75) is 0 Å². The van der Waals surface area contributed by atoms with E-state index in [1.165, 1.54) is 6.08 Å². The number of hydrogen-bond acceptors (Lipinski definition) is 2. The van der Waals surface area contributed by atoms with Gasteiger partial charge in [0.25, 0.3) is 0 Å². The quantitative estimate of drug-likeness (QED) is 0.516. The molecule has 0 saturated heterocycles. The maximum atomic E-state index is 11.9. The van der Waals surface area contributed by atoms with Crippen molar-refractivity contribution in [2.24, 2.45) is 0 Å². The first-order valence-electron chi connectivity index (χ1n) is 5.50. The van der Waals surface area contributed by atoms with Crippen LogP contribution in [-0.2, 0) is 0 Å². The van der Waals surface area contributed by atoms with Crippen LogP contribution in [0.3, 0.4) is 0 Å². The lowest BCUT2D eigenvalue weighted by Crippen LogP contribution is -1.99. The van der Waals surface area contributed by atoms with Crippen molar-refractivity contribution >= 4 is 29.1 Å². The SMILES string of the molecule is Nc1ccccc1C(=O)C=Cc1ccccc1Cl. The fraction of sp³-hybridized carbons (Fsp3) is 0. The second-order valence-corrected chi connectivity index (χ2v) is 4.21. The summed E-state index contributed by atoms with van der Waals surface area (Å²) in [6.45, 7) is 0. The Morgan fingerprint density at radius 2 is 1.72 bits per heavy atom. The second-order valence-electron chi connectivity index (χ2n) is 3.81. The second kappa shape index (κ2) is 5.52. The van der Waals surface area contributed by atoms with Crippen LogP contribution in [-0.4, -0.2) is 5.78 Å². The summed E-state index contributed by atoms with van der Waals surface area (Å²) in [5.74, 6) is -0.131. The molecule has 0 aliphatic rings. The topological polar surface area (TPSA) is 43.1 Å². The Labute approximate surface area is 111 Å². The van der Waals surface area contributed by atoms with E-state index in [1.807, 2.05) is 18.2 Å². The van der Waals surface area contributed by atoms with Gasteiger partial charge < -0.3 is 5.73 Å². The van der Waals surface area contributed by atoms with Crippen LogP contribution in [0.5, 0.6) is 0 Å². The molecule has 0 radical (unpaired) electrons. The lowest BCUT2D eigenvalue weighted by molar-refractivity contribution is 0.104. The highest BCUT2D eigenvalue weighted by molar-refractivity contribution is 6.32. The molecule has 0 bridgehead atoms. The van der Waals surface area contributed by atoms with Crippen LogP contribution in [0, 0.1) is 0 Å². The number of carbonyl (C=O) groups is 1. The average molecular weight is 258 g/mol. The number of para-hydroxylation sites is 1. The molecule has 0 aliphatic heterocycles. The number of halogens is 1. The molecule has 2 nitrogen and oxygen atoms in total. The lowest BCUT2D eigenvalue weighted by Gasteiger charge is -2.00. The Morgan fingerprint density at radius 3 is 2.44 bits per heavy atom. The van der Waals surface area contributed by atoms with Gasteiger partial charge in [0.1, 0.15) is 0 Å². The third-order valence-electron chi connectivity index (χ3n) is 2.55. The van der Waals surface area contributed by atoms with Crippen LogP contribution in [0.4, 0.5) is 5.69 Å². The maximum Gasteiger partial charge on any atom is 0.187 e. The minimum Gasteiger partial charge on any atom is -0.398 e. The molecule has 2 N–H and O–H groups in total. The molecule has 0 unspecified atom stereocenters. The fourth-order valence-electron chi connectivity index (χ4n) is 1.59. The van der Waals surface area contributed by atoms with Gasteiger partial charge >= 0.3 is 0 Å². The minimum atomic E-state index is -0.131. The monoisotopic (exact) mass is 257 g/mol. The van der Waals surface area contributed by atoms with E-state index >= 15 is 0 Å². The van der Waals surface area contributed by atoms with E-state index in [2.05, 4.69) is 0 Å². The first-order chi connectivity index (χ1) is 8.68. The smallest absolute Gasteiger partial charge is 0.187 e. The van der Waals surface area contributed by atoms with Gasteiger partial charge in [-0.25, -0.2) is 0 Å². The zero-order chi connectivity index (χ0) is 13.0. The Kier molecular flexibility index (Phi) is 3.80. The summed E-state index contributed by atoms with van der Waals surface area (Å²) in [4.78, 5) is 11.9. The van der Waals surface area contributed by atoms with Gasteiger partial charge in [0.05, 0.1) is 0 Å². The van der Waals surface area contributed by atoms with Crippen molar-refractivity contribution in [3.05, 3.63) is 70.8 Å². The number of hydrogen-bond donors (Lipinski definition) is 1. The van der Waals surface area contributed by atoms with Gasteiger partial charge in [-0.2, -0.15) is 0 Å². The average Bonchev–Trinajstić information content (AvgIpc) is 2.38. The number of allylic oxidation sites excluding steroid dienone is 1. The van der Waals surface area contributed by atoms with Gasteiger partial charge in [-0.05, 0) is 35.9 Å². The van der Waals surface area contributed by atoms with E-state index in [1.54, 1.807) is 36.4 Å². The van der Waals surface area contributed by atoms with Crippen molar-refractivity contribution in [2.75, 3.05) is 5.73 Å². The number of nitrogens with two attached hydrogens (primary N) is 1. The molecule has 0 spiro atoms. The van der Waals surface area contributed by atoms with Gasteiger partial charge in [0.15, 0.2) is 5.78 Å². The van der Waals surface area contributed by atoms with Crippen LogP contribution < -0.4 is 5.73 Å². The molecule has 3 heteroatoms. The summed E-state index contributed by atoms with van der Waals surface area (Å²) in [5, 5.41) is 0.614. The van der Waals surface area contributed by atoms with Crippen molar-refractivity contribution < 1.29 is 4.79 Å². The van der Waals surface area contributed by atoms with E-state index in [0.717, 1.165) is 5.56 Å². The predicted octanol–water partition coefficient (Wildman–Crippen LogP) is 3.82. The van der Waals surface area contributed by atoms with Crippen molar-refractivity contribution in [1.29, 1.82) is 0 Å². The van der Waals surface area contributed by atoms with Crippen LogP contribution in [0.1, 0.15) is 15.9 Å². The summed E-state index contributed by atoms with van der Waals surface area (Å²) in [6, 6.07) is 14.3. The van der Waals surface area contributed by atoms with Gasteiger partial charge in [-0.3, -0.25) is 4.79 Å². The van der Waals surface area contributed by atoms with Gasteiger partial charge in [0, 0.05) is 16.3 Å². The van der Waals surface area contributed by atoms with E-state index < -0.39 is 0 Å². The maximum absolute atomic E-state index is 11.9. The molecule has 0 fully saturated rings. The van der Waals surface area contributed by atoms with Crippen molar-refractivity contribution in [3.8, 4) is 0 Å². The van der Waals surface area contributed by atoms with Crippen LogP contribution in [0.25, 0.3) is 6.08 Å². The first kappa shape index (κ1) is 12.4. The molecule has 2 aromatic rings. The highest BCUT2D eigenvalue weighted by atomic mass is 35.5. The Balaban J connectivity index is 2.23. The molecule has 2 aromatic carbocycles. The largest absolute Gasteiger partial charge is 0.398 e. The van der Waals surface area contributed by atoms with Gasteiger partial charge in [-0.1, -0.05) is 41.9 Å². The van der Waals surface area contributed by atoms with E-state index in [-0.39, 0.29) is 5.78 Å². The molecular formula is C15H12ClNO. The summed E-state index contributed by atoms with van der Waals surface area (Å²) in [6.07, 6.45) is 3.17. The minimum absolute atomic E-state index is 0.131. The zero-order valence-electron chi connectivity index (χ0n) is 9.64. The summed E-state index contributed by atoms with van der Waals surface area (Å²) < 4.78 is 0. The molecule has 18 heavy (non-hydrogen) atoms. The first-order valence-corrected chi connectivity index (χ1v) is 5.88. The molecule has 0 atom stereocenters. The molecule has 90 valence electrons. The Bertz CT molecular complexity index is 605. The Hall–Kier alpha value is -2.06. The molecular weight excluding hydrogens is 246 g/mol. The van der Waals surface area contributed by atoms with Crippen LogP contribution in [0.15, 0.2) is 54.6 Å². The molecule has 0 heterocycles. The highest BCUT2D eigenvalue weighted by Crippen LogP contribution is 2.17. The zero-order valence-corrected chi connectivity index (χ0v) is 10.4. The molecule has 0 amide bonds. The number of benzene rings is 2. The normalized spacial score (nSPS) is 10.7. The third-order valence-corrected chi connectivity index (χ3v) is 2.89. The summed E-state index contributed by atoms with van der Waals surface area (Å²) in [7, 11) is 0. The Morgan fingerprint density at radius 1 is 1.06 bits per heavy atom. The number of ketones is 1. The van der Waals surface area contributed by atoms with Crippen LogP contribution in [0.2, 0.25) is 5.02 Å². The van der Waals surface area contributed by atoms with E-state index in [0.29, 0.717) is 16.3 Å². The summed E-state index contributed by atoms with van der Waals surface area (Å²) >= 11 is 6.00. The molecule has 2 rings (SSSR count). The van der Waals surface area contributed by atoms with E-state index in [9.17, 15) is 4.79 Å². The molecule has 0 aliphatic carbocycles. The molecule has 0 aromatic heterocycles.